The normalized spacial score (nSPS) is 15.4. The van der Waals surface area contributed by atoms with E-state index >= 15 is 0 Å². The number of guanidine groups is 1. The highest BCUT2D eigenvalue weighted by atomic mass is 19.1. The van der Waals surface area contributed by atoms with Gasteiger partial charge in [-0.3, -0.25) is 9.89 Å². The Kier molecular flexibility index (Phi) is 7.22. The van der Waals surface area contributed by atoms with Gasteiger partial charge in [0.05, 0.1) is 13.2 Å². The number of halogens is 1. The van der Waals surface area contributed by atoms with Gasteiger partial charge >= 0.3 is 0 Å². The van der Waals surface area contributed by atoms with Crippen LogP contribution in [0.25, 0.3) is 0 Å². The molecule has 2 aromatic rings. The van der Waals surface area contributed by atoms with Crippen LogP contribution in [0.2, 0.25) is 0 Å². The third kappa shape index (κ3) is 5.68. The first-order valence-electron chi connectivity index (χ1n) is 9.44. The Labute approximate surface area is 165 Å². The van der Waals surface area contributed by atoms with Crippen LogP contribution in [-0.2, 0) is 24.4 Å². The fourth-order valence-corrected chi connectivity index (χ4v) is 3.13. The van der Waals surface area contributed by atoms with Crippen LogP contribution in [0.3, 0.4) is 0 Å². The second kappa shape index (κ2) is 10.1. The number of morpholine rings is 1. The number of ether oxygens (including phenoxy) is 1. The molecule has 28 heavy (non-hydrogen) atoms. The van der Waals surface area contributed by atoms with E-state index in [4.69, 9.17) is 4.74 Å². The minimum atomic E-state index is -0.626. The lowest BCUT2D eigenvalue weighted by atomic mass is 10.1. The van der Waals surface area contributed by atoms with Gasteiger partial charge in [0.1, 0.15) is 0 Å². The zero-order valence-electron chi connectivity index (χ0n) is 16.1. The largest absolute Gasteiger partial charge is 0.505 e. The predicted octanol–water partition coefficient (Wildman–Crippen LogP) is 2.23. The Morgan fingerprint density at radius 1 is 1.11 bits per heavy atom. The highest BCUT2D eigenvalue weighted by Gasteiger charge is 2.13. The number of aromatic hydroxyl groups is 1. The Morgan fingerprint density at radius 3 is 2.54 bits per heavy atom. The second-order valence-electron chi connectivity index (χ2n) is 6.72. The minimum absolute atomic E-state index is 0.344. The molecule has 1 saturated heterocycles. The average molecular weight is 386 g/mol. The lowest BCUT2D eigenvalue weighted by Gasteiger charge is -2.27. The summed E-state index contributed by atoms with van der Waals surface area (Å²) in [6.45, 7) is 5.43. The minimum Gasteiger partial charge on any atom is -0.505 e. The summed E-state index contributed by atoms with van der Waals surface area (Å²) in [5, 5.41) is 15.8. The van der Waals surface area contributed by atoms with E-state index in [1.54, 1.807) is 13.1 Å². The summed E-state index contributed by atoms with van der Waals surface area (Å²) in [6, 6.07) is 12.7. The molecular formula is C21H27FN4O2. The molecule has 0 saturated carbocycles. The van der Waals surface area contributed by atoms with Crippen LogP contribution < -0.4 is 10.6 Å². The van der Waals surface area contributed by atoms with E-state index in [9.17, 15) is 9.50 Å². The Balaban J connectivity index is 1.55. The maximum Gasteiger partial charge on any atom is 0.191 e. The van der Waals surface area contributed by atoms with Gasteiger partial charge in [-0.2, -0.15) is 0 Å². The van der Waals surface area contributed by atoms with Crippen molar-refractivity contribution < 1.29 is 14.2 Å². The van der Waals surface area contributed by atoms with Crippen LogP contribution in [0, 0.1) is 5.82 Å². The first kappa shape index (κ1) is 20.1. The van der Waals surface area contributed by atoms with Crippen LogP contribution in [0.15, 0.2) is 47.5 Å². The molecule has 1 aliphatic rings. The van der Waals surface area contributed by atoms with Crippen molar-refractivity contribution >= 4 is 5.96 Å². The molecule has 0 amide bonds. The monoisotopic (exact) mass is 386 g/mol. The summed E-state index contributed by atoms with van der Waals surface area (Å²) in [6.07, 6.45) is 0. The molecule has 0 unspecified atom stereocenters. The van der Waals surface area contributed by atoms with E-state index in [1.165, 1.54) is 23.3 Å². The van der Waals surface area contributed by atoms with Crippen molar-refractivity contribution in [1.82, 2.24) is 15.5 Å². The molecule has 0 aromatic heterocycles. The van der Waals surface area contributed by atoms with E-state index in [0.29, 0.717) is 19.0 Å². The topological polar surface area (TPSA) is 69.1 Å². The summed E-state index contributed by atoms with van der Waals surface area (Å²) in [7, 11) is 1.70. The number of nitrogens with one attached hydrogen (secondary N) is 2. The van der Waals surface area contributed by atoms with E-state index in [-0.39, 0.29) is 5.75 Å². The molecule has 0 spiro atoms. The van der Waals surface area contributed by atoms with Gasteiger partial charge in [0, 0.05) is 39.8 Å². The molecule has 0 bridgehead atoms. The number of benzene rings is 2. The molecule has 1 heterocycles. The predicted molar refractivity (Wildman–Crippen MR) is 108 cm³/mol. The zero-order valence-corrected chi connectivity index (χ0v) is 16.1. The first-order valence-corrected chi connectivity index (χ1v) is 9.44. The Morgan fingerprint density at radius 2 is 1.82 bits per heavy atom. The number of phenols is 1. The van der Waals surface area contributed by atoms with Crippen LogP contribution in [0.1, 0.15) is 16.7 Å². The summed E-state index contributed by atoms with van der Waals surface area (Å²) in [5.41, 5.74) is 3.23. The zero-order chi connectivity index (χ0) is 19.8. The van der Waals surface area contributed by atoms with E-state index in [0.717, 1.165) is 38.4 Å². The molecule has 1 aliphatic heterocycles. The van der Waals surface area contributed by atoms with Gasteiger partial charge in [-0.15, -0.1) is 0 Å². The molecule has 2 aromatic carbocycles. The fourth-order valence-electron chi connectivity index (χ4n) is 3.13. The SMILES string of the molecule is CN=C(NCc1ccc(O)c(F)c1)NCc1ccccc1CN1CCOCC1. The second-order valence-corrected chi connectivity index (χ2v) is 6.72. The van der Waals surface area contributed by atoms with Crippen molar-refractivity contribution in [1.29, 1.82) is 0 Å². The van der Waals surface area contributed by atoms with Crippen molar-refractivity contribution in [2.45, 2.75) is 19.6 Å². The molecule has 3 rings (SSSR count). The van der Waals surface area contributed by atoms with Crippen molar-refractivity contribution in [3.05, 3.63) is 65.0 Å². The van der Waals surface area contributed by atoms with Crippen LogP contribution in [0.4, 0.5) is 4.39 Å². The van der Waals surface area contributed by atoms with Gasteiger partial charge in [-0.05, 0) is 28.8 Å². The van der Waals surface area contributed by atoms with Crippen molar-refractivity contribution in [2.24, 2.45) is 4.99 Å². The lowest BCUT2D eigenvalue weighted by Crippen LogP contribution is -2.37. The van der Waals surface area contributed by atoms with Gasteiger partial charge in [0.25, 0.3) is 0 Å². The number of hydrogen-bond donors (Lipinski definition) is 3. The number of hydrogen-bond acceptors (Lipinski definition) is 4. The van der Waals surface area contributed by atoms with Crippen LogP contribution >= 0.6 is 0 Å². The standard InChI is InChI=1S/C21H27FN4O2/c1-23-21(24-13-16-6-7-20(27)19(22)12-16)25-14-17-4-2-3-5-18(17)15-26-8-10-28-11-9-26/h2-7,12,27H,8-11,13-15H2,1H3,(H2,23,24,25). The van der Waals surface area contributed by atoms with E-state index in [2.05, 4.69) is 38.7 Å². The summed E-state index contributed by atoms with van der Waals surface area (Å²) in [5.74, 6) is -0.336. The van der Waals surface area contributed by atoms with Gasteiger partial charge in [0.15, 0.2) is 17.5 Å². The van der Waals surface area contributed by atoms with Crippen molar-refractivity contribution in [3.8, 4) is 5.75 Å². The van der Waals surface area contributed by atoms with E-state index in [1.807, 2.05) is 6.07 Å². The summed E-state index contributed by atoms with van der Waals surface area (Å²) in [4.78, 5) is 6.63. The maximum absolute atomic E-state index is 13.5. The first-order chi connectivity index (χ1) is 13.7. The molecule has 0 aliphatic carbocycles. The van der Waals surface area contributed by atoms with Gasteiger partial charge < -0.3 is 20.5 Å². The average Bonchev–Trinajstić information content (AvgIpc) is 2.72. The summed E-state index contributed by atoms with van der Waals surface area (Å²) < 4.78 is 18.9. The molecule has 1 fully saturated rings. The summed E-state index contributed by atoms with van der Waals surface area (Å²) >= 11 is 0. The molecular weight excluding hydrogens is 359 g/mol. The van der Waals surface area contributed by atoms with E-state index < -0.39 is 5.82 Å². The molecule has 6 nitrogen and oxygen atoms in total. The van der Waals surface area contributed by atoms with Gasteiger partial charge in [-0.1, -0.05) is 30.3 Å². The van der Waals surface area contributed by atoms with Crippen molar-refractivity contribution in [3.63, 3.8) is 0 Å². The number of nitrogens with zero attached hydrogens (tertiary/aromatic N) is 2. The highest BCUT2D eigenvalue weighted by Crippen LogP contribution is 2.16. The van der Waals surface area contributed by atoms with Crippen LogP contribution in [0.5, 0.6) is 5.75 Å². The molecule has 150 valence electrons. The molecule has 3 N–H and O–H groups in total. The lowest BCUT2D eigenvalue weighted by molar-refractivity contribution is 0.0341. The third-order valence-corrected chi connectivity index (χ3v) is 4.76. The van der Waals surface area contributed by atoms with Gasteiger partial charge in [0.2, 0.25) is 0 Å². The molecule has 7 heteroatoms. The third-order valence-electron chi connectivity index (χ3n) is 4.76. The smallest absolute Gasteiger partial charge is 0.191 e. The maximum atomic E-state index is 13.5. The quantitative estimate of drug-likeness (QED) is 0.525. The Bertz CT molecular complexity index is 807. The Hall–Kier alpha value is -2.64. The highest BCUT2D eigenvalue weighted by molar-refractivity contribution is 5.79. The van der Waals surface area contributed by atoms with Gasteiger partial charge in [-0.25, -0.2) is 4.39 Å². The fraction of sp³-hybridized carbons (Fsp3) is 0.381. The molecule has 0 radical (unpaired) electrons. The van der Waals surface area contributed by atoms with Crippen LogP contribution in [-0.4, -0.2) is 49.3 Å². The number of aliphatic imine (C=N–C) groups is 1. The number of phenolic OH excluding ortho intramolecular Hbond substituents is 1. The van der Waals surface area contributed by atoms with Crippen molar-refractivity contribution in [2.75, 3.05) is 33.4 Å². The molecule has 0 atom stereocenters. The number of rotatable bonds is 6.